The first-order valence-corrected chi connectivity index (χ1v) is 7.17. The van der Waals surface area contributed by atoms with Crippen molar-refractivity contribution in [1.29, 1.82) is 0 Å². The normalized spacial score (nSPS) is 14.2. The highest BCUT2D eigenvalue weighted by atomic mass is 16.5. The highest BCUT2D eigenvalue weighted by Crippen LogP contribution is 2.19. The van der Waals surface area contributed by atoms with Crippen molar-refractivity contribution in [2.75, 3.05) is 0 Å². The number of nitrogens with zero attached hydrogens (tertiary/aromatic N) is 1. The van der Waals surface area contributed by atoms with E-state index in [4.69, 9.17) is 4.74 Å². The fraction of sp³-hybridized carbons (Fsp3) is 0.353. The van der Waals surface area contributed by atoms with Gasteiger partial charge in [0.2, 0.25) is 0 Å². The molecule has 0 saturated heterocycles. The summed E-state index contributed by atoms with van der Waals surface area (Å²) in [5.41, 5.74) is 3.35. The Balaban J connectivity index is 1.53. The molecule has 3 heteroatoms. The molecule has 0 atom stereocenters. The number of aromatic nitrogens is 1. The zero-order chi connectivity index (χ0) is 13.8. The number of rotatable bonds is 6. The summed E-state index contributed by atoms with van der Waals surface area (Å²) in [4.78, 5) is 4.46. The van der Waals surface area contributed by atoms with E-state index < -0.39 is 0 Å². The number of nitrogens with one attached hydrogen (secondary N) is 1. The van der Waals surface area contributed by atoms with Crippen molar-refractivity contribution >= 4 is 0 Å². The molecule has 1 aliphatic carbocycles. The zero-order valence-electron chi connectivity index (χ0n) is 11.8. The minimum absolute atomic E-state index is 0.515. The van der Waals surface area contributed by atoms with E-state index in [1.807, 2.05) is 30.5 Å². The van der Waals surface area contributed by atoms with E-state index in [9.17, 15) is 0 Å². The first-order chi connectivity index (χ1) is 9.81. The van der Waals surface area contributed by atoms with Crippen LogP contribution in [0.4, 0.5) is 0 Å². The van der Waals surface area contributed by atoms with Crippen LogP contribution >= 0.6 is 0 Å². The predicted molar refractivity (Wildman–Crippen MR) is 79.6 cm³/mol. The SMILES string of the molecule is Cc1ccccc1OCc1ccc(CNC2CC2)cn1. The number of ether oxygens (including phenoxy) is 1. The molecule has 1 N–H and O–H groups in total. The van der Waals surface area contributed by atoms with Gasteiger partial charge in [-0.2, -0.15) is 0 Å². The maximum Gasteiger partial charge on any atom is 0.130 e. The first-order valence-electron chi connectivity index (χ1n) is 7.17. The van der Waals surface area contributed by atoms with Gasteiger partial charge in [0.25, 0.3) is 0 Å². The molecular weight excluding hydrogens is 248 g/mol. The predicted octanol–water partition coefficient (Wildman–Crippen LogP) is 3.22. The lowest BCUT2D eigenvalue weighted by Crippen LogP contribution is -2.15. The van der Waals surface area contributed by atoms with Gasteiger partial charge >= 0.3 is 0 Å². The molecule has 1 aromatic carbocycles. The minimum atomic E-state index is 0.515. The lowest BCUT2D eigenvalue weighted by Gasteiger charge is -2.09. The molecule has 1 heterocycles. The number of aryl methyl sites for hydroxylation is 1. The molecule has 2 aromatic rings. The first kappa shape index (κ1) is 13.1. The average Bonchev–Trinajstić information content (AvgIpc) is 3.30. The molecule has 1 saturated carbocycles. The third-order valence-corrected chi connectivity index (χ3v) is 3.53. The van der Waals surface area contributed by atoms with Crippen molar-refractivity contribution in [3.63, 3.8) is 0 Å². The highest BCUT2D eigenvalue weighted by molar-refractivity contribution is 5.31. The average molecular weight is 268 g/mol. The summed E-state index contributed by atoms with van der Waals surface area (Å²) in [5.74, 6) is 0.925. The number of hydrogen-bond acceptors (Lipinski definition) is 3. The molecule has 0 bridgehead atoms. The Kier molecular flexibility index (Phi) is 3.97. The maximum atomic E-state index is 5.79. The van der Waals surface area contributed by atoms with Gasteiger partial charge in [0, 0.05) is 18.8 Å². The van der Waals surface area contributed by atoms with Gasteiger partial charge in [-0.05, 0) is 43.0 Å². The molecule has 3 rings (SSSR count). The third kappa shape index (κ3) is 3.58. The molecule has 0 aliphatic heterocycles. The van der Waals surface area contributed by atoms with Gasteiger partial charge in [-0.25, -0.2) is 0 Å². The fourth-order valence-corrected chi connectivity index (χ4v) is 2.06. The Bertz CT molecular complexity index is 561. The van der Waals surface area contributed by atoms with Crippen LogP contribution in [0.5, 0.6) is 5.75 Å². The van der Waals surface area contributed by atoms with Crippen molar-refractivity contribution in [2.24, 2.45) is 0 Å². The Morgan fingerprint density at radius 2 is 2.05 bits per heavy atom. The Morgan fingerprint density at radius 3 is 2.75 bits per heavy atom. The standard InChI is InChI=1S/C17H20N2O/c1-13-4-2-3-5-17(13)20-12-16-7-6-14(11-19-16)10-18-15-8-9-15/h2-7,11,15,18H,8-10,12H2,1H3. The van der Waals surface area contributed by atoms with Crippen LogP contribution < -0.4 is 10.1 Å². The van der Waals surface area contributed by atoms with Gasteiger partial charge in [0.1, 0.15) is 12.4 Å². The number of benzene rings is 1. The van der Waals surface area contributed by atoms with E-state index >= 15 is 0 Å². The Labute approximate surface area is 120 Å². The van der Waals surface area contributed by atoms with Gasteiger partial charge in [-0.1, -0.05) is 24.3 Å². The highest BCUT2D eigenvalue weighted by Gasteiger charge is 2.19. The Hall–Kier alpha value is -1.87. The van der Waals surface area contributed by atoms with E-state index in [-0.39, 0.29) is 0 Å². The van der Waals surface area contributed by atoms with E-state index in [1.54, 1.807) is 0 Å². The molecule has 104 valence electrons. The second-order valence-electron chi connectivity index (χ2n) is 5.37. The molecule has 0 unspecified atom stereocenters. The molecule has 1 fully saturated rings. The molecule has 3 nitrogen and oxygen atoms in total. The largest absolute Gasteiger partial charge is 0.487 e. The van der Waals surface area contributed by atoms with Crippen LogP contribution in [0.1, 0.15) is 29.7 Å². The molecule has 0 amide bonds. The molecular formula is C17H20N2O. The maximum absolute atomic E-state index is 5.79. The number of pyridine rings is 1. The lowest BCUT2D eigenvalue weighted by molar-refractivity contribution is 0.299. The molecule has 1 aromatic heterocycles. The van der Waals surface area contributed by atoms with Crippen LogP contribution in [-0.2, 0) is 13.2 Å². The van der Waals surface area contributed by atoms with Crippen LogP contribution in [-0.4, -0.2) is 11.0 Å². The fourth-order valence-electron chi connectivity index (χ4n) is 2.06. The second-order valence-corrected chi connectivity index (χ2v) is 5.37. The molecule has 0 spiro atoms. The van der Waals surface area contributed by atoms with Crippen molar-refractivity contribution in [3.05, 3.63) is 59.4 Å². The lowest BCUT2D eigenvalue weighted by atomic mass is 10.2. The van der Waals surface area contributed by atoms with Crippen LogP contribution in [0.15, 0.2) is 42.6 Å². The summed E-state index contributed by atoms with van der Waals surface area (Å²) in [5, 5.41) is 3.49. The quantitative estimate of drug-likeness (QED) is 0.873. The summed E-state index contributed by atoms with van der Waals surface area (Å²) in [6.45, 7) is 3.48. The summed E-state index contributed by atoms with van der Waals surface area (Å²) in [7, 11) is 0. The summed E-state index contributed by atoms with van der Waals surface area (Å²) >= 11 is 0. The monoisotopic (exact) mass is 268 g/mol. The van der Waals surface area contributed by atoms with Gasteiger partial charge in [0.15, 0.2) is 0 Å². The summed E-state index contributed by atoms with van der Waals surface area (Å²) in [6, 6.07) is 12.9. The van der Waals surface area contributed by atoms with Crippen LogP contribution in [0.3, 0.4) is 0 Å². The van der Waals surface area contributed by atoms with E-state index in [0.717, 1.165) is 29.6 Å². The molecule has 1 aliphatic rings. The van der Waals surface area contributed by atoms with E-state index in [0.29, 0.717) is 6.61 Å². The van der Waals surface area contributed by atoms with Crippen molar-refractivity contribution in [3.8, 4) is 5.75 Å². The van der Waals surface area contributed by atoms with Gasteiger partial charge in [-0.15, -0.1) is 0 Å². The Morgan fingerprint density at radius 1 is 1.20 bits per heavy atom. The smallest absolute Gasteiger partial charge is 0.130 e. The molecule has 20 heavy (non-hydrogen) atoms. The van der Waals surface area contributed by atoms with Crippen molar-refractivity contribution in [2.45, 2.75) is 39.0 Å². The topological polar surface area (TPSA) is 34.1 Å². The van der Waals surface area contributed by atoms with Crippen LogP contribution in [0, 0.1) is 6.92 Å². The summed E-state index contributed by atoms with van der Waals surface area (Å²) in [6.07, 6.45) is 4.57. The van der Waals surface area contributed by atoms with Crippen LogP contribution in [0.25, 0.3) is 0 Å². The van der Waals surface area contributed by atoms with E-state index in [1.165, 1.54) is 18.4 Å². The minimum Gasteiger partial charge on any atom is -0.487 e. The van der Waals surface area contributed by atoms with E-state index in [2.05, 4.69) is 29.4 Å². The number of para-hydroxylation sites is 1. The summed E-state index contributed by atoms with van der Waals surface area (Å²) < 4.78 is 5.79. The van der Waals surface area contributed by atoms with Crippen molar-refractivity contribution < 1.29 is 4.74 Å². The number of hydrogen-bond donors (Lipinski definition) is 1. The third-order valence-electron chi connectivity index (χ3n) is 3.53. The van der Waals surface area contributed by atoms with Crippen LogP contribution in [0.2, 0.25) is 0 Å². The zero-order valence-corrected chi connectivity index (χ0v) is 11.8. The van der Waals surface area contributed by atoms with Gasteiger partial charge < -0.3 is 10.1 Å². The van der Waals surface area contributed by atoms with Gasteiger partial charge in [0.05, 0.1) is 5.69 Å². The van der Waals surface area contributed by atoms with Crippen molar-refractivity contribution in [1.82, 2.24) is 10.3 Å². The van der Waals surface area contributed by atoms with Gasteiger partial charge in [-0.3, -0.25) is 4.98 Å². The second kappa shape index (κ2) is 6.06. The molecule has 0 radical (unpaired) electrons.